The molecule has 9 heteroatoms. The van der Waals surface area contributed by atoms with E-state index in [1.807, 2.05) is 47.5 Å². The van der Waals surface area contributed by atoms with Crippen LogP contribution in [0.3, 0.4) is 0 Å². The minimum Gasteiger partial charge on any atom is -0.337 e. The van der Waals surface area contributed by atoms with E-state index in [-0.39, 0.29) is 30.1 Å². The van der Waals surface area contributed by atoms with Crippen molar-refractivity contribution in [1.29, 1.82) is 0 Å². The van der Waals surface area contributed by atoms with Gasteiger partial charge in [0.05, 0.1) is 23.0 Å². The van der Waals surface area contributed by atoms with E-state index < -0.39 is 0 Å². The molecule has 0 saturated carbocycles. The zero-order valence-electron chi connectivity index (χ0n) is 17.5. The SMILES string of the molecule is Cc1ccc(N2CC(C(=O)N3CCc4nc(NC(=O)c5cccs5)sc4C3)CC2=O)cc1. The van der Waals surface area contributed by atoms with E-state index in [1.54, 1.807) is 11.0 Å². The number of nitrogens with zero attached hydrogens (tertiary/aromatic N) is 3. The number of benzene rings is 1. The predicted octanol–water partition coefficient (Wildman–Crippen LogP) is 3.70. The number of anilines is 2. The summed E-state index contributed by atoms with van der Waals surface area (Å²) < 4.78 is 0. The predicted molar refractivity (Wildman–Crippen MR) is 125 cm³/mol. The maximum atomic E-state index is 13.2. The molecule has 3 amide bonds. The van der Waals surface area contributed by atoms with Crippen molar-refractivity contribution < 1.29 is 14.4 Å². The highest BCUT2D eigenvalue weighted by Gasteiger charge is 2.38. The topological polar surface area (TPSA) is 82.6 Å². The van der Waals surface area contributed by atoms with E-state index >= 15 is 0 Å². The number of aryl methyl sites for hydroxylation is 1. The zero-order valence-corrected chi connectivity index (χ0v) is 19.2. The number of aromatic nitrogens is 1. The molecular formula is C23H22N4O3S2. The van der Waals surface area contributed by atoms with Gasteiger partial charge in [-0.3, -0.25) is 19.7 Å². The van der Waals surface area contributed by atoms with Crippen molar-refractivity contribution in [1.82, 2.24) is 9.88 Å². The van der Waals surface area contributed by atoms with E-state index in [4.69, 9.17) is 0 Å². The van der Waals surface area contributed by atoms with Gasteiger partial charge in [-0.1, -0.05) is 35.1 Å². The third-order valence-electron chi connectivity index (χ3n) is 5.83. The molecule has 1 fully saturated rings. The van der Waals surface area contributed by atoms with Gasteiger partial charge in [0.2, 0.25) is 11.8 Å². The van der Waals surface area contributed by atoms with Crippen LogP contribution in [0.1, 0.15) is 32.2 Å². The Bertz CT molecular complexity index is 1170. The average Bonchev–Trinajstić information content (AvgIpc) is 3.53. The molecule has 1 N–H and O–H groups in total. The fraction of sp³-hybridized carbons (Fsp3) is 0.304. The van der Waals surface area contributed by atoms with Gasteiger partial charge in [0.25, 0.3) is 5.91 Å². The Kier molecular flexibility index (Phi) is 5.52. The van der Waals surface area contributed by atoms with Crippen molar-refractivity contribution in [3.63, 3.8) is 0 Å². The van der Waals surface area contributed by atoms with Crippen LogP contribution in [0, 0.1) is 12.8 Å². The maximum absolute atomic E-state index is 13.2. The van der Waals surface area contributed by atoms with Gasteiger partial charge < -0.3 is 9.80 Å². The number of fused-ring (bicyclic) bond motifs is 1. The molecule has 3 aromatic rings. The summed E-state index contributed by atoms with van der Waals surface area (Å²) in [6.07, 6.45) is 0.885. The number of carbonyl (C=O) groups is 3. The van der Waals surface area contributed by atoms with Gasteiger partial charge in [0, 0.05) is 36.5 Å². The number of thiophene rings is 1. The molecule has 2 aromatic heterocycles. The summed E-state index contributed by atoms with van der Waals surface area (Å²) in [7, 11) is 0. The molecule has 0 bridgehead atoms. The number of thiazole rings is 1. The number of hydrogen-bond donors (Lipinski definition) is 1. The van der Waals surface area contributed by atoms with Crippen molar-refractivity contribution in [3.05, 3.63) is 62.8 Å². The molecule has 1 unspecified atom stereocenters. The Morgan fingerprint density at radius 3 is 2.75 bits per heavy atom. The number of carbonyl (C=O) groups excluding carboxylic acids is 3. The second kappa shape index (κ2) is 8.48. The summed E-state index contributed by atoms with van der Waals surface area (Å²) in [5.41, 5.74) is 2.90. The van der Waals surface area contributed by atoms with Crippen LogP contribution in [0.4, 0.5) is 10.8 Å². The van der Waals surface area contributed by atoms with E-state index in [9.17, 15) is 14.4 Å². The van der Waals surface area contributed by atoms with Crippen molar-refractivity contribution >= 4 is 51.2 Å². The first kappa shape index (κ1) is 20.8. The smallest absolute Gasteiger partial charge is 0.267 e. The molecule has 2 aliphatic heterocycles. The summed E-state index contributed by atoms with van der Waals surface area (Å²) >= 11 is 2.80. The molecule has 2 aliphatic rings. The molecule has 32 heavy (non-hydrogen) atoms. The number of rotatable bonds is 4. The second-order valence-electron chi connectivity index (χ2n) is 8.07. The molecule has 4 heterocycles. The molecule has 164 valence electrons. The largest absolute Gasteiger partial charge is 0.337 e. The second-order valence-corrected chi connectivity index (χ2v) is 10.1. The zero-order chi connectivity index (χ0) is 22.2. The lowest BCUT2D eigenvalue weighted by Gasteiger charge is -2.28. The van der Waals surface area contributed by atoms with Crippen LogP contribution in [-0.4, -0.2) is 40.7 Å². The van der Waals surface area contributed by atoms with Crippen LogP contribution in [0.15, 0.2) is 41.8 Å². The molecule has 5 rings (SSSR count). The maximum Gasteiger partial charge on any atom is 0.267 e. The lowest BCUT2D eigenvalue weighted by atomic mass is 10.1. The minimum absolute atomic E-state index is 0.0104. The van der Waals surface area contributed by atoms with Gasteiger partial charge in [-0.15, -0.1) is 11.3 Å². The summed E-state index contributed by atoms with van der Waals surface area (Å²) in [4.78, 5) is 47.8. The summed E-state index contributed by atoms with van der Waals surface area (Å²) in [5, 5.41) is 5.28. The van der Waals surface area contributed by atoms with Crippen molar-refractivity contribution in [2.75, 3.05) is 23.3 Å². The van der Waals surface area contributed by atoms with Crippen LogP contribution >= 0.6 is 22.7 Å². The van der Waals surface area contributed by atoms with Crippen LogP contribution < -0.4 is 10.2 Å². The highest BCUT2D eigenvalue weighted by Crippen LogP contribution is 2.32. The van der Waals surface area contributed by atoms with Crippen LogP contribution in [0.5, 0.6) is 0 Å². The Hall–Kier alpha value is -3.04. The minimum atomic E-state index is -0.337. The fourth-order valence-electron chi connectivity index (χ4n) is 4.11. The Labute approximate surface area is 193 Å². The molecule has 1 saturated heterocycles. The third kappa shape index (κ3) is 4.05. The average molecular weight is 467 g/mol. The van der Waals surface area contributed by atoms with E-state index in [1.165, 1.54) is 22.7 Å². The quantitative estimate of drug-likeness (QED) is 0.636. The summed E-state index contributed by atoms with van der Waals surface area (Å²) in [5.74, 6) is -0.506. The molecular weight excluding hydrogens is 444 g/mol. The monoisotopic (exact) mass is 466 g/mol. The molecule has 0 aliphatic carbocycles. The van der Waals surface area contributed by atoms with E-state index in [0.29, 0.717) is 36.1 Å². The van der Waals surface area contributed by atoms with Crippen molar-refractivity contribution in [3.8, 4) is 0 Å². The van der Waals surface area contributed by atoms with E-state index in [2.05, 4.69) is 10.3 Å². The Morgan fingerprint density at radius 2 is 2.00 bits per heavy atom. The number of amides is 3. The number of nitrogens with one attached hydrogen (secondary N) is 1. The molecule has 1 atom stereocenters. The van der Waals surface area contributed by atoms with Crippen LogP contribution in [0.2, 0.25) is 0 Å². The Morgan fingerprint density at radius 1 is 1.19 bits per heavy atom. The van der Waals surface area contributed by atoms with Gasteiger partial charge in [0.15, 0.2) is 5.13 Å². The van der Waals surface area contributed by atoms with Crippen molar-refractivity contribution in [2.24, 2.45) is 5.92 Å². The Balaban J connectivity index is 1.24. The normalized spacial score (nSPS) is 18.0. The molecule has 0 spiro atoms. The first-order valence-corrected chi connectivity index (χ1v) is 12.2. The van der Waals surface area contributed by atoms with Gasteiger partial charge in [-0.25, -0.2) is 4.98 Å². The highest BCUT2D eigenvalue weighted by molar-refractivity contribution is 7.16. The fourth-order valence-corrected chi connectivity index (χ4v) is 5.75. The number of hydrogen-bond acceptors (Lipinski definition) is 6. The lowest BCUT2D eigenvalue weighted by molar-refractivity contribution is -0.136. The van der Waals surface area contributed by atoms with Crippen molar-refractivity contribution in [2.45, 2.75) is 26.3 Å². The first-order valence-electron chi connectivity index (χ1n) is 10.5. The van der Waals surface area contributed by atoms with Crippen LogP contribution in [0.25, 0.3) is 0 Å². The summed E-state index contributed by atoms with van der Waals surface area (Å²) in [6.45, 7) is 3.46. The van der Waals surface area contributed by atoms with Gasteiger partial charge in [-0.05, 0) is 30.5 Å². The highest BCUT2D eigenvalue weighted by atomic mass is 32.1. The molecule has 1 aromatic carbocycles. The summed E-state index contributed by atoms with van der Waals surface area (Å²) in [6, 6.07) is 11.4. The third-order valence-corrected chi connectivity index (χ3v) is 7.69. The standard InChI is InChI=1S/C23H22N4O3S2/c1-14-4-6-16(7-5-14)27-12-15(11-20(27)28)22(30)26-9-8-17-19(13-26)32-23(24-17)25-21(29)18-3-2-10-31-18/h2-7,10,15H,8-9,11-13H2,1H3,(H,24,25,29). The first-order chi connectivity index (χ1) is 15.5. The van der Waals surface area contributed by atoms with Crippen LogP contribution in [-0.2, 0) is 22.6 Å². The van der Waals surface area contributed by atoms with Gasteiger partial charge in [-0.2, -0.15) is 0 Å². The van der Waals surface area contributed by atoms with Gasteiger partial charge >= 0.3 is 0 Å². The van der Waals surface area contributed by atoms with E-state index in [0.717, 1.165) is 21.8 Å². The molecule has 0 radical (unpaired) electrons. The lowest BCUT2D eigenvalue weighted by Crippen LogP contribution is -2.40. The molecule has 7 nitrogen and oxygen atoms in total. The van der Waals surface area contributed by atoms with Gasteiger partial charge in [0.1, 0.15) is 0 Å².